The molecule has 6 heteroatoms. The molecule has 1 aromatic carbocycles. The number of likely N-dealkylation sites (tertiary alicyclic amines) is 1. The molecule has 0 saturated carbocycles. The number of aromatic nitrogens is 2. The molecule has 1 saturated heterocycles. The van der Waals surface area contributed by atoms with E-state index in [0.29, 0.717) is 5.92 Å². The summed E-state index contributed by atoms with van der Waals surface area (Å²) < 4.78 is 1.87. The molecule has 1 aliphatic rings. The molecule has 1 aliphatic heterocycles. The molecule has 2 aromatic heterocycles. The Morgan fingerprint density at radius 3 is 2.78 bits per heavy atom. The molecule has 0 aliphatic carbocycles. The number of nitrogens with zero attached hydrogens (tertiary/aromatic N) is 3. The van der Waals surface area contributed by atoms with Gasteiger partial charge in [-0.15, -0.1) is 11.3 Å². The van der Waals surface area contributed by atoms with E-state index in [1.165, 1.54) is 5.56 Å². The molecule has 1 fully saturated rings. The fraction of sp³-hybridized carbons (Fsp3) is 0.381. The normalized spacial score (nSPS) is 17.3. The van der Waals surface area contributed by atoms with Crippen molar-refractivity contribution in [1.82, 2.24) is 14.7 Å². The number of hydrogen-bond acceptors (Lipinski definition) is 4. The van der Waals surface area contributed by atoms with Crippen molar-refractivity contribution >= 4 is 22.9 Å². The van der Waals surface area contributed by atoms with Gasteiger partial charge in [0.25, 0.3) is 0 Å². The van der Waals surface area contributed by atoms with Gasteiger partial charge in [0, 0.05) is 40.8 Å². The fourth-order valence-corrected chi connectivity index (χ4v) is 4.89. The molecule has 0 bridgehead atoms. The average Bonchev–Trinajstić information content (AvgIpc) is 3.32. The Kier molecular flexibility index (Phi) is 5.64. The average molecular weight is 402 g/mol. The van der Waals surface area contributed by atoms with Crippen LogP contribution in [0.15, 0.2) is 48.0 Å². The quantitative estimate of drug-likeness (QED) is 0.670. The summed E-state index contributed by atoms with van der Waals surface area (Å²) in [6, 6.07) is 11.9. The van der Waals surface area contributed by atoms with E-state index in [2.05, 4.69) is 22.3 Å². The molecular formula is C21H24ClN3OS. The summed E-state index contributed by atoms with van der Waals surface area (Å²) in [7, 11) is 1.96. The van der Waals surface area contributed by atoms with Crippen LogP contribution in [0.2, 0.25) is 5.02 Å². The molecule has 1 atom stereocenters. The number of aliphatic hydroxyl groups excluding tert-OH is 1. The third-order valence-corrected chi connectivity index (χ3v) is 6.49. The van der Waals surface area contributed by atoms with E-state index >= 15 is 0 Å². The highest BCUT2D eigenvalue weighted by Gasteiger charge is 2.27. The second-order valence-corrected chi connectivity index (χ2v) is 8.68. The van der Waals surface area contributed by atoms with Crippen LogP contribution in [0.3, 0.4) is 0 Å². The minimum atomic E-state index is -0.326. The van der Waals surface area contributed by atoms with Crippen molar-refractivity contribution in [2.24, 2.45) is 13.0 Å². The summed E-state index contributed by atoms with van der Waals surface area (Å²) in [4.78, 5) is 3.55. The monoisotopic (exact) mass is 401 g/mol. The van der Waals surface area contributed by atoms with Crippen LogP contribution >= 0.6 is 22.9 Å². The number of benzene rings is 1. The van der Waals surface area contributed by atoms with Crippen LogP contribution in [0.25, 0.3) is 11.3 Å². The first-order valence-electron chi connectivity index (χ1n) is 9.32. The number of hydrogen-bond donors (Lipinski definition) is 1. The number of halogens is 1. The molecule has 142 valence electrons. The number of thiophene rings is 1. The minimum absolute atomic E-state index is 0.326. The van der Waals surface area contributed by atoms with Gasteiger partial charge in [-0.3, -0.25) is 9.58 Å². The lowest BCUT2D eigenvalue weighted by Gasteiger charge is -2.33. The highest BCUT2D eigenvalue weighted by Crippen LogP contribution is 2.34. The van der Waals surface area contributed by atoms with Gasteiger partial charge in [0.15, 0.2) is 0 Å². The topological polar surface area (TPSA) is 41.3 Å². The Balaban J connectivity index is 1.42. The Labute approximate surface area is 169 Å². The molecule has 4 rings (SSSR count). The van der Waals surface area contributed by atoms with Crippen LogP contribution in [0, 0.1) is 5.92 Å². The predicted molar refractivity (Wildman–Crippen MR) is 111 cm³/mol. The van der Waals surface area contributed by atoms with Crippen molar-refractivity contribution in [3.8, 4) is 11.3 Å². The highest BCUT2D eigenvalue weighted by atomic mass is 35.5. The molecule has 3 heterocycles. The summed E-state index contributed by atoms with van der Waals surface area (Å²) in [5.74, 6) is 0.348. The van der Waals surface area contributed by atoms with Gasteiger partial charge in [-0.1, -0.05) is 29.8 Å². The van der Waals surface area contributed by atoms with Gasteiger partial charge in [-0.25, -0.2) is 0 Å². The molecule has 0 radical (unpaired) electrons. The zero-order valence-corrected chi connectivity index (χ0v) is 17.0. The maximum absolute atomic E-state index is 10.6. The van der Waals surface area contributed by atoms with E-state index in [1.807, 2.05) is 47.4 Å². The Bertz CT molecular complexity index is 885. The van der Waals surface area contributed by atoms with E-state index in [9.17, 15) is 5.11 Å². The third-order valence-electron chi connectivity index (χ3n) is 5.31. The van der Waals surface area contributed by atoms with E-state index < -0.39 is 0 Å². The standard InChI is InChI=1S/C21H24ClN3OS/c1-24-13-17(20(23-24)16-4-2-5-18(22)12-16)14-25-9-7-15(8-10-25)21(26)19-6-3-11-27-19/h2-6,11-13,15,21,26H,7-10,14H2,1H3/t21-/m1/s1. The number of rotatable bonds is 5. The maximum atomic E-state index is 10.6. The SMILES string of the molecule is Cn1cc(CN2CCC([C@@H](O)c3cccs3)CC2)c(-c2cccc(Cl)c2)n1. The summed E-state index contributed by atoms with van der Waals surface area (Å²) in [6.07, 6.45) is 3.81. The van der Waals surface area contributed by atoms with Crippen LogP contribution in [0.5, 0.6) is 0 Å². The Hall–Kier alpha value is -1.66. The summed E-state index contributed by atoms with van der Waals surface area (Å²) >= 11 is 7.81. The van der Waals surface area contributed by atoms with E-state index in [1.54, 1.807) is 11.3 Å². The Morgan fingerprint density at radius 1 is 1.26 bits per heavy atom. The van der Waals surface area contributed by atoms with E-state index in [4.69, 9.17) is 11.6 Å². The first-order valence-corrected chi connectivity index (χ1v) is 10.6. The lowest BCUT2D eigenvalue weighted by atomic mass is 9.90. The zero-order valence-electron chi connectivity index (χ0n) is 15.4. The first kappa shape index (κ1) is 18.7. The van der Waals surface area contributed by atoms with Gasteiger partial charge >= 0.3 is 0 Å². The van der Waals surface area contributed by atoms with Crippen LogP contribution in [-0.2, 0) is 13.6 Å². The van der Waals surface area contributed by atoms with Crippen LogP contribution in [-0.4, -0.2) is 32.9 Å². The molecule has 4 nitrogen and oxygen atoms in total. The van der Waals surface area contributed by atoms with E-state index in [0.717, 1.165) is 53.6 Å². The largest absolute Gasteiger partial charge is 0.387 e. The van der Waals surface area contributed by atoms with Gasteiger partial charge in [0.2, 0.25) is 0 Å². The van der Waals surface area contributed by atoms with Crippen molar-refractivity contribution in [2.45, 2.75) is 25.5 Å². The fourth-order valence-electron chi connectivity index (χ4n) is 3.89. The van der Waals surface area contributed by atoms with Crippen LogP contribution < -0.4 is 0 Å². The van der Waals surface area contributed by atoms with Gasteiger partial charge in [0.1, 0.15) is 0 Å². The van der Waals surface area contributed by atoms with Crippen LogP contribution in [0.1, 0.15) is 29.4 Å². The maximum Gasteiger partial charge on any atom is 0.0968 e. The second kappa shape index (κ2) is 8.15. The van der Waals surface area contributed by atoms with Crippen LogP contribution in [0.4, 0.5) is 0 Å². The third kappa shape index (κ3) is 4.27. The first-order chi connectivity index (χ1) is 13.1. The highest BCUT2D eigenvalue weighted by molar-refractivity contribution is 7.10. The smallest absolute Gasteiger partial charge is 0.0968 e. The lowest BCUT2D eigenvalue weighted by Crippen LogP contribution is -2.35. The second-order valence-electron chi connectivity index (χ2n) is 7.26. The van der Waals surface area contributed by atoms with Gasteiger partial charge in [-0.2, -0.15) is 5.10 Å². The van der Waals surface area contributed by atoms with Gasteiger partial charge < -0.3 is 5.11 Å². The summed E-state index contributed by atoms with van der Waals surface area (Å²) in [5.41, 5.74) is 3.28. The summed E-state index contributed by atoms with van der Waals surface area (Å²) in [6.45, 7) is 2.87. The number of piperidine rings is 1. The predicted octanol–water partition coefficient (Wildman–Crippen LogP) is 4.75. The molecule has 0 amide bonds. The zero-order chi connectivity index (χ0) is 18.8. The molecule has 0 spiro atoms. The molecular weight excluding hydrogens is 378 g/mol. The van der Waals surface area contributed by atoms with E-state index in [-0.39, 0.29) is 6.10 Å². The van der Waals surface area contributed by atoms with Crippen molar-refractivity contribution in [1.29, 1.82) is 0 Å². The van der Waals surface area contributed by atoms with Gasteiger partial charge in [0.05, 0.1) is 11.8 Å². The molecule has 3 aromatic rings. The Morgan fingerprint density at radius 2 is 2.07 bits per heavy atom. The summed E-state index contributed by atoms with van der Waals surface area (Å²) in [5, 5.41) is 18.0. The van der Waals surface area contributed by atoms with Crippen molar-refractivity contribution < 1.29 is 5.11 Å². The number of aliphatic hydroxyl groups is 1. The van der Waals surface area contributed by atoms with Crippen molar-refractivity contribution in [2.75, 3.05) is 13.1 Å². The minimum Gasteiger partial charge on any atom is -0.387 e. The lowest BCUT2D eigenvalue weighted by molar-refractivity contribution is 0.0591. The van der Waals surface area contributed by atoms with Gasteiger partial charge in [-0.05, 0) is 55.4 Å². The number of aryl methyl sites for hydroxylation is 1. The molecule has 27 heavy (non-hydrogen) atoms. The van der Waals surface area contributed by atoms with Crippen molar-refractivity contribution in [3.05, 3.63) is 63.4 Å². The van der Waals surface area contributed by atoms with Crippen molar-refractivity contribution in [3.63, 3.8) is 0 Å². The molecule has 1 N–H and O–H groups in total. The molecule has 0 unspecified atom stereocenters.